The molecule has 6 heteroatoms. The van der Waals surface area contributed by atoms with Gasteiger partial charge in [-0.1, -0.05) is 18.2 Å². The number of rotatable bonds is 8. The Balaban J connectivity index is 1.89. The number of amides is 2. The van der Waals surface area contributed by atoms with Crippen molar-refractivity contribution in [2.24, 2.45) is 0 Å². The van der Waals surface area contributed by atoms with Gasteiger partial charge in [-0.25, -0.2) is 4.39 Å². The smallest absolute Gasteiger partial charge is 0.224 e. The van der Waals surface area contributed by atoms with E-state index in [1.54, 1.807) is 47.4 Å². The molecule has 0 saturated carbocycles. The molecule has 0 saturated heterocycles. The molecule has 2 aromatic carbocycles. The molecule has 138 valence electrons. The third-order valence-electron chi connectivity index (χ3n) is 3.81. The molecule has 2 amide bonds. The maximum atomic E-state index is 13.6. The molecule has 1 N–H and O–H groups in total. The lowest BCUT2D eigenvalue weighted by molar-refractivity contribution is -0.121. The van der Waals surface area contributed by atoms with Crippen LogP contribution < -0.4 is 15.0 Å². The second-order valence-corrected chi connectivity index (χ2v) is 5.72. The molecule has 0 aromatic heterocycles. The Bertz CT molecular complexity index is 747. The Morgan fingerprint density at radius 3 is 2.42 bits per heavy atom. The van der Waals surface area contributed by atoms with E-state index in [1.165, 1.54) is 13.0 Å². The van der Waals surface area contributed by atoms with Gasteiger partial charge in [0.15, 0.2) is 0 Å². The number of ether oxygens (including phenoxy) is 1. The molecule has 2 rings (SSSR count). The fourth-order valence-electron chi connectivity index (χ4n) is 2.54. The molecule has 0 spiro atoms. The number of hydrogen-bond acceptors (Lipinski definition) is 3. The van der Waals surface area contributed by atoms with Crippen LogP contribution in [0.3, 0.4) is 0 Å². The maximum absolute atomic E-state index is 13.6. The van der Waals surface area contributed by atoms with Gasteiger partial charge >= 0.3 is 0 Å². The highest BCUT2D eigenvalue weighted by Gasteiger charge is 2.13. The Labute approximate surface area is 152 Å². The van der Waals surface area contributed by atoms with Gasteiger partial charge < -0.3 is 15.0 Å². The summed E-state index contributed by atoms with van der Waals surface area (Å²) in [6.07, 6.45) is -0.0319. The van der Waals surface area contributed by atoms with Crippen LogP contribution in [0.1, 0.15) is 19.4 Å². The van der Waals surface area contributed by atoms with Gasteiger partial charge in [-0.2, -0.15) is 0 Å². The van der Waals surface area contributed by atoms with Crippen molar-refractivity contribution >= 4 is 17.5 Å². The molecule has 0 aliphatic carbocycles. The summed E-state index contributed by atoms with van der Waals surface area (Å²) in [6.45, 7) is 4.55. The summed E-state index contributed by atoms with van der Waals surface area (Å²) in [7, 11) is 0. The number of carbonyl (C=O) groups is 2. The van der Waals surface area contributed by atoms with Crippen LogP contribution in [0.2, 0.25) is 0 Å². The number of hydrogen-bond donors (Lipinski definition) is 1. The molecule has 2 aromatic rings. The van der Waals surface area contributed by atoms with Crippen LogP contribution in [-0.2, 0) is 16.0 Å². The number of carbonyl (C=O) groups excluding carboxylic acids is 2. The lowest BCUT2D eigenvalue weighted by Crippen LogP contribution is -2.38. The van der Waals surface area contributed by atoms with E-state index in [0.29, 0.717) is 18.7 Å². The highest BCUT2D eigenvalue weighted by Crippen LogP contribution is 2.19. The molecule has 26 heavy (non-hydrogen) atoms. The van der Waals surface area contributed by atoms with Gasteiger partial charge in [-0.3, -0.25) is 9.59 Å². The lowest BCUT2D eigenvalue weighted by atomic mass is 10.1. The molecule has 0 aliphatic heterocycles. The van der Waals surface area contributed by atoms with Crippen molar-refractivity contribution in [2.75, 3.05) is 24.6 Å². The van der Waals surface area contributed by atoms with E-state index in [-0.39, 0.29) is 24.8 Å². The van der Waals surface area contributed by atoms with Crippen LogP contribution in [0.4, 0.5) is 10.1 Å². The Morgan fingerprint density at radius 1 is 1.12 bits per heavy atom. The van der Waals surface area contributed by atoms with Crippen molar-refractivity contribution in [2.45, 2.75) is 20.3 Å². The van der Waals surface area contributed by atoms with E-state index >= 15 is 0 Å². The molecule has 0 atom stereocenters. The van der Waals surface area contributed by atoms with Crippen LogP contribution in [-0.4, -0.2) is 31.5 Å². The predicted octanol–water partition coefficient (Wildman–Crippen LogP) is 2.94. The summed E-state index contributed by atoms with van der Waals surface area (Å²) in [5, 5.41) is 2.72. The minimum atomic E-state index is -0.401. The van der Waals surface area contributed by atoms with Crippen molar-refractivity contribution in [3.05, 3.63) is 59.9 Å². The quantitative estimate of drug-likeness (QED) is 0.789. The summed E-state index contributed by atoms with van der Waals surface area (Å²) in [4.78, 5) is 25.4. The molecule has 0 bridgehead atoms. The van der Waals surface area contributed by atoms with E-state index in [0.717, 1.165) is 11.4 Å². The normalized spacial score (nSPS) is 10.3. The van der Waals surface area contributed by atoms with Crippen molar-refractivity contribution in [1.82, 2.24) is 5.32 Å². The number of halogens is 1. The van der Waals surface area contributed by atoms with Crippen LogP contribution in [0.5, 0.6) is 5.75 Å². The first-order valence-electron chi connectivity index (χ1n) is 8.52. The third kappa shape index (κ3) is 5.58. The maximum Gasteiger partial charge on any atom is 0.224 e. The minimum absolute atomic E-state index is 0.0319. The Hall–Kier alpha value is -2.89. The Morgan fingerprint density at radius 2 is 1.81 bits per heavy atom. The monoisotopic (exact) mass is 358 g/mol. The Kier molecular flexibility index (Phi) is 7.14. The molecule has 0 radical (unpaired) electrons. The van der Waals surface area contributed by atoms with Gasteiger partial charge in [0.2, 0.25) is 11.8 Å². The first-order chi connectivity index (χ1) is 12.5. The summed E-state index contributed by atoms with van der Waals surface area (Å²) in [5.74, 6) is -0.0804. The SMILES string of the molecule is CCOc1ccc(N(CCNC(=O)Cc2ccccc2F)C(C)=O)cc1. The van der Waals surface area contributed by atoms with Crippen LogP contribution in [0.25, 0.3) is 0 Å². The highest BCUT2D eigenvalue weighted by atomic mass is 19.1. The zero-order chi connectivity index (χ0) is 18.9. The topological polar surface area (TPSA) is 58.6 Å². The van der Waals surface area contributed by atoms with Gasteiger partial charge in [0, 0.05) is 25.7 Å². The summed E-state index contributed by atoms with van der Waals surface area (Å²) >= 11 is 0. The number of nitrogens with zero attached hydrogens (tertiary/aromatic N) is 1. The van der Waals surface area contributed by atoms with Crippen molar-refractivity contribution < 1.29 is 18.7 Å². The molecule has 0 fully saturated rings. The zero-order valence-electron chi connectivity index (χ0n) is 15.0. The van der Waals surface area contributed by atoms with Crippen LogP contribution in [0.15, 0.2) is 48.5 Å². The fourth-order valence-corrected chi connectivity index (χ4v) is 2.54. The fraction of sp³-hybridized carbons (Fsp3) is 0.300. The molecule has 0 heterocycles. The largest absolute Gasteiger partial charge is 0.494 e. The molecular weight excluding hydrogens is 335 g/mol. The summed E-state index contributed by atoms with van der Waals surface area (Å²) in [6, 6.07) is 13.4. The van der Waals surface area contributed by atoms with E-state index in [4.69, 9.17) is 4.74 Å². The summed E-state index contributed by atoms with van der Waals surface area (Å²) in [5.41, 5.74) is 1.07. The van der Waals surface area contributed by atoms with Gasteiger partial charge in [-0.15, -0.1) is 0 Å². The van der Waals surface area contributed by atoms with Crippen LogP contribution in [0, 0.1) is 5.82 Å². The standard InChI is InChI=1S/C20H23FN2O3/c1-3-26-18-10-8-17(9-11-18)23(15(2)24)13-12-22-20(25)14-16-6-4-5-7-19(16)21/h4-11H,3,12-14H2,1-2H3,(H,22,25). The molecule has 0 aliphatic rings. The summed E-state index contributed by atoms with van der Waals surface area (Å²) < 4.78 is 19.0. The van der Waals surface area contributed by atoms with Crippen molar-refractivity contribution in [1.29, 1.82) is 0 Å². The number of anilines is 1. The molecule has 0 unspecified atom stereocenters. The van der Waals surface area contributed by atoms with E-state index in [9.17, 15) is 14.0 Å². The van der Waals surface area contributed by atoms with E-state index < -0.39 is 5.82 Å². The molecule has 5 nitrogen and oxygen atoms in total. The van der Waals surface area contributed by atoms with Gasteiger partial charge in [-0.05, 0) is 42.8 Å². The average molecular weight is 358 g/mol. The lowest BCUT2D eigenvalue weighted by Gasteiger charge is -2.21. The number of benzene rings is 2. The molecular formula is C20H23FN2O3. The number of nitrogens with one attached hydrogen (secondary N) is 1. The zero-order valence-corrected chi connectivity index (χ0v) is 15.0. The van der Waals surface area contributed by atoms with Crippen LogP contribution >= 0.6 is 0 Å². The second kappa shape index (κ2) is 9.56. The first kappa shape index (κ1) is 19.4. The van der Waals surface area contributed by atoms with E-state index in [2.05, 4.69) is 5.32 Å². The predicted molar refractivity (Wildman–Crippen MR) is 98.8 cm³/mol. The van der Waals surface area contributed by atoms with Crippen molar-refractivity contribution in [3.8, 4) is 5.75 Å². The second-order valence-electron chi connectivity index (χ2n) is 5.72. The third-order valence-corrected chi connectivity index (χ3v) is 3.81. The highest BCUT2D eigenvalue weighted by molar-refractivity contribution is 5.91. The minimum Gasteiger partial charge on any atom is -0.494 e. The first-order valence-corrected chi connectivity index (χ1v) is 8.52. The van der Waals surface area contributed by atoms with Crippen molar-refractivity contribution in [3.63, 3.8) is 0 Å². The van der Waals surface area contributed by atoms with Gasteiger partial charge in [0.25, 0.3) is 0 Å². The van der Waals surface area contributed by atoms with E-state index in [1.807, 2.05) is 6.92 Å². The average Bonchev–Trinajstić information content (AvgIpc) is 2.62. The van der Waals surface area contributed by atoms with Gasteiger partial charge in [0.05, 0.1) is 13.0 Å². The van der Waals surface area contributed by atoms with Gasteiger partial charge in [0.1, 0.15) is 11.6 Å².